The molecule has 0 aliphatic rings. The van der Waals surface area contributed by atoms with Gasteiger partial charge in [-0.15, -0.1) is 0 Å². The van der Waals surface area contributed by atoms with E-state index in [0.29, 0.717) is 11.8 Å². The SMILES string of the molecule is CCC(CC(C/C=C/CCC(C)C)c1ccccc1)c1ccc(P(c2ccccc2)c2ccccc2)cc1. The summed E-state index contributed by atoms with van der Waals surface area (Å²) in [6.45, 7) is 6.96. The molecule has 0 aliphatic carbocycles. The van der Waals surface area contributed by atoms with Gasteiger partial charge in [-0.1, -0.05) is 148 Å². The summed E-state index contributed by atoms with van der Waals surface area (Å²) >= 11 is 0. The molecule has 4 rings (SSSR count). The van der Waals surface area contributed by atoms with Gasteiger partial charge >= 0.3 is 0 Å². The van der Waals surface area contributed by atoms with Crippen LogP contribution in [0.2, 0.25) is 0 Å². The molecule has 4 aromatic rings. The van der Waals surface area contributed by atoms with Crippen LogP contribution in [0.25, 0.3) is 0 Å². The van der Waals surface area contributed by atoms with E-state index in [1.165, 1.54) is 46.3 Å². The van der Waals surface area contributed by atoms with Crippen LogP contribution in [0.5, 0.6) is 0 Å². The molecule has 0 N–H and O–H groups in total. The maximum atomic E-state index is 2.43. The molecule has 0 fully saturated rings. The highest BCUT2D eigenvalue weighted by atomic mass is 31.1. The number of allylic oxidation sites excluding steroid dienone is 2. The minimum absolute atomic E-state index is 0.543. The molecule has 2 unspecified atom stereocenters. The molecule has 4 aromatic carbocycles. The van der Waals surface area contributed by atoms with Crippen molar-refractivity contribution in [2.75, 3.05) is 0 Å². The first-order valence-corrected chi connectivity index (χ1v) is 15.7. The Balaban J connectivity index is 1.54. The Kier molecular flexibility index (Phi) is 11.0. The zero-order valence-corrected chi connectivity index (χ0v) is 24.2. The van der Waals surface area contributed by atoms with Crippen LogP contribution >= 0.6 is 7.92 Å². The van der Waals surface area contributed by atoms with E-state index in [1.807, 2.05) is 0 Å². The molecule has 0 aromatic heterocycles. The van der Waals surface area contributed by atoms with Crippen molar-refractivity contribution in [1.29, 1.82) is 0 Å². The van der Waals surface area contributed by atoms with Gasteiger partial charge < -0.3 is 0 Å². The van der Waals surface area contributed by atoms with Crippen LogP contribution in [0.4, 0.5) is 0 Å². The summed E-state index contributed by atoms with van der Waals surface area (Å²) in [5, 5.41) is 4.23. The molecule has 0 spiro atoms. The second-order valence-corrected chi connectivity index (χ2v) is 12.9. The van der Waals surface area contributed by atoms with Gasteiger partial charge in [0.05, 0.1) is 0 Å². The van der Waals surface area contributed by atoms with Crippen LogP contribution in [0.1, 0.15) is 75.8 Å². The molecule has 2 atom stereocenters. The lowest BCUT2D eigenvalue weighted by molar-refractivity contribution is 0.521. The molecule has 1 heteroatoms. The largest absolute Gasteiger partial charge is 0.0885 e. The van der Waals surface area contributed by atoms with Gasteiger partial charge in [-0.3, -0.25) is 0 Å². The van der Waals surface area contributed by atoms with Gasteiger partial charge in [-0.25, -0.2) is 0 Å². The molecule has 0 aliphatic heterocycles. The zero-order valence-electron chi connectivity index (χ0n) is 23.3. The molecule has 0 radical (unpaired) electrons. The molecule has 196 valence electrons. The molecule has 38 heavy (non-hydrogen) atoms. The molecule has 0 nitrogen and oxygen atoms in total. The minimum Gasteiger partial charge on any atom is -0.0885 e. The van der Waals surface area contributed by atoms with Crippen LogP contribution in [-0.4, -0.2) is 0 Å². The summed E-state index contributed by atoms with van der Waals surface area (Å²) in [4.78, 5) is 0. The quantitative estimate of drug-likeness (QED) is 0.122. The Hall–Kier alpha value is -2.95. The van der Waals surface area contributed by atoms with Crippen molar-refractivity contribution in [2.24, 2.45) is 5.92 Å². The molecular formula is C37H43P. The van der Waals surface area contributed by atoms with Crippen molar-refractivity contribution in [3.05, 3.63) is 139 Å². The van der Waals surface area contributed by atoms with E-state index in [9.17, 15) is 0 Å². The third-order valence-electron chi connectivity index (χ3n) is 7.48. The number of benzene rings is 4. The average Bonchev–Trinajstić information content (AvgIpc) is 2.97. The third-order valence-corrected chi connectivity index (χ3v) is 9.93. The highest BCUT2D eigenvalue weighted by Crippen LogP contribution is 2.36. The lowest BCUT2D eigenvalue weighted by atomic mass is 9.82. The smallest absolute Gasteiger partial charge is 0.0122 e. The summed E-state index contributed by atoms with van der Waals surface area (Å²) < 4.78 is 0. The Morgan fingerprint density at radius 1 is 0.579 bits per heavy atom. The molecular weight excluding hydrogens is 475 g/mol. The first-order chi connectivity index (χ1) is 18.7. The van der Waals surface area contributed by atoms with Crippen molar-refractivity contribution < 1.29 is 0 Å². The van der Waals surface area contributed by atoms with Crippen molar-refractivity contribution in [2.45, 2.75) is 64.7 Å². The molecule has 0 heterocycles. The van der Waals surface area contributed by atoms with Gasteiger partial charge in [0.15, 0.2) is 0 Å². The maximum Gasteiger partial charge on any atom is -0.0122 e. The highest BCUT2D eigenvalue weighted by molar-refractivity contribution is 7.79. The fourth-order valence-corrected chi connectivity index (χ4v) is 7.56. The molecule has 0 saturated heterocycles. The van der Waals surface area contributed by atoms with Crippen LogP contribution in [0.3, 0.4) is 0 Å². The van der Waals surface area contributed by atoms with E-state index in [2.05, 4.69) is 148 Å². The lowest BCUT2D eigenvalue weighted by Crippen LogP contribution is -2.20. The van der Waals surface area contributed by atoms with Gasteiger partial charge in [0.2, 0.25) is 0 Å². The van der Waals surface area contributed by atoms with Gasteiger partial charge in [0.25, 0.3) is 0 Å². The van der Waals surface area contributed by atoms with Crippen molar-refractivity contribution >= 4 is 23.8 Å². The summed E-state index contributed by atoms with van der Waals surface area (Å²) in [7, 11) is -0.561. The van der Waals surface area contributed by atoms with Gasteiger partial charge in [-0.05, 0) is 84.8 Å². The average molecular weight is 519 g/mol. The normalized spacial score (nSPS) is 13.3. The van der Waals surface area contributed by atoms with E-state index in [-0.39, 0.29) is 0 Å². The zero-order chi connectivity index (χ0) is 26.6. The number of rotatable bonds is 13. The third kappa shape index (κ3) is 8.02. The first-order valence-electron chi connectivity index (χ1n) is 14.4. The predicted octanol–water partition coefficient (Wildman–Crippen LogP) is 9.49. The summed E-state index contributed by atoms with van der Waals surface area (Å²) in [6.07, 6.45) is 10.7. The summed E-state index contributed by atoms with van der Waals surface area (Å²) in [6, 6.07) is 42.7. The Morgan fingerprint density at radius 2 is 1.08 bits per heavy atom. The van der Waals surface area contributed by atoms with Crippen LogP contribution in [0.15, 0.2) is 127 Å². The van der Waals surface area contributed by atoms with Crippen LogP contribution in [0, 0.1) is 5.92 Å². The maximum absolute atomic E-state index is 2.43. The second-order valence-electron chi connectivity index (χ2n) is 10.7. The fourth-order valence-electron chi connectivity index (χ4n) is 5.28. The molecule has 0 bridgehead atoms. The van der Waals surface area contributed by atoms with Gasteiger partial charge in [0, 0.05) is 0 Å². The second kappa shape index (κ2) is 14.8. The standard InChI is InChI=1S/C37H43P/c1-4-31(29-34(32-18-10-6-11-19-32)20-12-5-9-17-30(2)3)33-25-27-37(28-26-33)38(35-21-13-7-14-22-35)36-23-15-8-16-24-36/h5-8,10-16,18-19,21-28,30-31,34H,4,9,17,20,29H2,1-3H3/b12-5+. The van der Waals surface area contributed by atoms with Crippen molar-refractivity contribution in [3.63, 3.8) is 0 Å². The van der Waals surface area contributed by atoms with Crippen LogP contribution < -0.4 is 15.9 Å². The van der Waals surface area contributed by atoms with E-state index in [1.54, 1.807) is 0 Å². The summed E-state index contributed by atoms with van der Waals surface area (Å²) in [5.74, 6) is 1.86. The monoisotopic (exact) mass is 518 g/mol. The van der Waals surface area contributed by atoms with E-state index in [4.69, 9.17) is 0 Å². The Bertz CT molecular complexity index is 1170. The van der Waals surface area contributed by atoms with E-state index in [0.717, 1.165) is 18.8 Å². The Morgan fingerprint density at radius 3 is 1.61 bits per heavy atom. The predicted molar refractivity (Wildman–Crippen MR) is 170 cm³/mol. The topological polar surface area (TPSA) is 0 Å². The molecule has 0 amide bonds. The van der Waals surface area contributed by atoms with E-state index >= 15 is 0 Å². The lowest BCUT2D eigenvalue weighted by Gasteiger charge is -2.24. The van der Waals surface area contributed by atoms with Crippen molar-refractivity contribution in [1.82, 2.24) is 0 Å². The number of hydrogen-bond donors (Lipinski definition) is 0. The van der Waals surface area contributed by atoms with E-state index < -0.39 is 7.92 Å². The van der Waals surface area contributed by atoms with Gasteiger partial charge in [0.1, 0.15) is 0 Å². The van der Waals surface area contributed by atoms with Crippen LogP contribution in [-0.2, 0) is 0 Å². The highest BCUT2D eigenvalue weighted by Gasteiger charge is 2.20. The first kappa shape index (κ1) is 28.1. The van der Waals surface area contributed by atoms with Crippen molar-refractivity contribution in [3.8, 4) is 0 Å². The molecule has 0 saturated carbocycles. The summed E-state index contributed by atoms with van der Waals surface area (Å²) in [5.41, 5.74) is 2.93. The fraction of sp³-hybridized carbons (Fsp3) is 0.297. The Labute approximate surface area is 232 Å². The van der Waals surface area contributed by atoms with Gasteiger partial charge in [-0.2, -0.15) is 0 Å². The minimum atomic E-state index is -0.561. The number of hydrogen-bond acceptors (Lipinski definition) is 0.